The van der Waals surface area contributed by atoms with Gasteiger partial charge in [0.2, 0.25) is 0 Å². The molecule has 6 unspecified atom stereocenters. The fourth-order valence-electron chi connectivity index (χ4n) is 32.1. The largest absolute Gasteiger partial charge is 0.464 e. The molecule has 2 fully saturated rings. The van der Waals surface area contributed by atoms with Crippen molar-refractivity contribution in [3.63, 3.8) is 0 Å². The molecular formula is C94H32N2O4. The molecule has 4 spiro atoms. The Hall–Kier alpha value is -11.9. The van der Waals surface area contributed by atoms with Crippen LogP contribution in [0.3, 0.4) is 0 Å². The minimum absolute atomic E-state index is 0.0380. The summed E-state index contributed by atoms with van der Waals surface area (Å²) < 4.78 is 14.4. The highest BCUT2D eigenvalue weighted by molar-refractivity contribution is 6.76. The van der Waals surface area contributed by atoms with Gasteiger partial charge in [0, 0.05) is 34.1 Å². The van der Waals surface area contributed by atoms with E-state index in [1.807, 2.05) is 13.8 Å². The van der Waals surface area contributed by atoms with Crippen LogP contribution in [0.15, 0.2) is 131 Å². The lowest BCUT2D eigenvalue weighted by atomic mass is 9.58. The van der Waals surface area contributed by atoms with Gasteiger partial charge < -0.3 is 9.47 Å². The van der Waals surface area contributed by atoms with Crippen LogP contribution < -0.4 is 0 Å². The molecule has 26 aromatic carbocycles. The number of carbonyl (C=O) groups is 2. The smallest absolute Gasteiger partial charge is 0.336 e. The van der Waals surface area contributed by atoms with Crippen molar-refractivity contribution in [2.45, 2.75) is 58.4 Å². The zero-order valence-corrected chi connectivity index (χ0v) is 52.6. The lowest BCUT2D eigenvalue weighted by Crippen LogP contribution is -2.38. The van der Waals surface area contributed by atoms with Gasteiger partial charge in [-0.2, -0.15) is 0 Å². The second kappa shape index (κ2) is 11.0. The highest BCUT2D eigenvalue weighted by Gasteiger charge is 3.03. The van der Waals surface area contributed by atoms with E-state index in [-0.39, 0.29) is 37.0 Å². The Labute approximate surface area is 556 Å². The molecule has 12 aliphatic rings. The van der Waals surface area contributed by atoms with E-state index < -0.39 is 32.7 Å². The number of benzene rings is 19. The summed E-state index contributed by atoms with van der Waals surface area (Å²) in [5.41, 5.74) is 12.7. The van der Waals surface area contributed by atoms with Crippen LogP contribution in [0, 0.1) is 0 Å². The quantitative estimate of drug-likeness (QED) is 0.0777. The Morgan fingerprint density at radius 1 is 0.280 bits per heavy atom. The minimum atomic E-state index is -1.54. The first-order valence-electron chi connectivity index (χ1n) is 36.6. The summed E-state index contributed by atoms with van der Waals surface area (Å²) in [6.45, 7) is 4.51. The van der Waals surface area contributed by atoms with Crippen molar-refractivity contribution < 1.29 is 19.1 Å². The van der Waals surface area contributed by atoms with Crippen molar-refractivity contribution in [3.8, 4) is 0 Å². The lowest BCUT2D eigenvalue weighted by Gasteiger charge is -2.42. The Bertz CT molecular complexity index is 9000. The monoisotopic (exact) mass is 1250 g/mol. The van der Waals surface area contributed by atoms with Crippen molar-refractivity contribution >= 4 is 260 Å². The predicted octanol–water partition coefficient (Wildman–Crippen LogP) is 20.1. The van der Waals surface area contributed by atoms with E-state index in [0.29, 0.717) is 0 Å². The second-order valence-electron chi connectivity index (χ2n) is 33.6. The number of nitrogens with zero attached hydrogens (tertiary/aromatic N) is 2. The van der Waals surface area contributed by atoms with Gasteiger partial charge in [0.25, 0.3) is 0 Å². The first kappa shape index (κ1) is 43.4. The molecule has 0 aliphatic heterocycles. The van der Waals surface area contributed by atoms with E-state index in [4.69, 9.17) is 19.5 Å². The van der Waals surface area contributed by atoms with Gasteiger partial charge in [-0.15, -0.1) is 0 Å². The molecule has 0 heterocycles. The standard InChI is InChI=1S/C94H32N2O4/c1-3-99-87(97)93(95-85(25-17-9-5-10-18-25)26-19-11-6-12-20-26)89-77-61-50-39-32-33-37-30-29-34-31-35(30)46-55-44(37)51-40(33)42-41(39)52-49-53(42)64-62(51)78-66(55)68-57(46)48-38(31)47-56-45(34)54(43(50)36(29)32)65(77)67(56)79-69-58(47)59(48)70-74-73(69)83(91(79,89)93)75-71(81(89)63(52)61)60(49)72-76(75)84(74)92(80(68)70)90(78,82(64)72)94(92,88(98)100-4-2)96-86(27-21-13-7-14-22-27)28-23-15-8-16-24-28/h5-24,65,77H,3-4H2,1-2H3/t65?,77?,89?,90?,91?,92?,93-,94+/m1/s1. The van der Waals surface area contributed by atoms with E-state index in [2.05, 4.69) is 121 Å². The molecule has 0 N–H and O–H groups in total. The number of carbonyl (C=O) groups excluding carboxylic acids is 2. The Morgan fingerprint density at radius 3 is 0.910 bits per heavy atom. The summed E-state index contributed by atoms with van der Waals surface area (Å²) in [6.07, 6.45) is 0. The third kappa shape index (κ3) is 2.69. The van der Waals surface area contributed by atoms with Gasteiger partial charge in [0.15, 0.2) is 11.1 Å². The maximum atomic E-state index is 18.1. The fourth-order valence-corrected chi connectivity index (χ4v) is 32.1. The molecule has 2 saturated carbocycles. The van der Waals surface area contributed by atoms with Crippen LogP contribution >= 0.6 is 0 Å². The second-order valence-corrected chi connectivity index (χ2v) is 33.6. The van der Waals surface area contributed by atoms with Gasteiger partial charge in [-0.25, -0.2) is 9.59 Å². The summed E-state index contributed by atoms with van der Waals surface area (Å²) in [5, 5.41) is 63.4. The molecular weight excluding hydrogens is 1220 g/mol. The maximum absolute atomic E-state index is 18.1. The summed E-state index contributed by atoms with van der Waals surface area (Å²) in [5.74, 6) is -0.586. The van der Waals surface area contributed by atoms with Crippen LogP contribution in [-0.4, -0.2) is 47.7 Å². The van der Waals surface area contributed by atoms with Crippen LogP contribution in [0.25, 0.3) is 237 Å². The molecule has 8 atom stereocenters. The van der Waals surface area contributed by atoms with Crippen molar-refractivity contribution in [2.75, 3.05) is 13.2 Å². The minimum Gasteiger partial charge on any atom is -0.464 e. The SMILES string of the molecule is CCOC(=O)[C@@]1(N=C(c2ccccc2)c2ccccc2)C23c4c5c6c7c8c4c4c2c2c9c%10c%11c%12c(c5c5c6c6c%13c%14c%15c%16c%17c%18c%19c%20c(c8c8c4c4c2c2c9c9c%11c%11c%21c%12c5c%13c%21c%15c5c%16c%12c%18c(c4c%198)c2c%12c9c5%11)C72C6(C%14C%20%17)[C@]2(N=C(c2ccccc2)c2ccccc2)C(=O)OCC)C%1031. The zero-order valence-electron chi connectivity index (χ0n) is 52.6. The number of ether oxygens (including phenoxy) is 2. The molecule has 38 rings (SSSR count). The molecule has 0 aromatic heterocycles. The number of hydrogen-bond donors (Lipinski definition) is 0. The van der Waals surface area contributed by atoms with Crippen molar-refractivity contribution in [2.24, 2.45) is 9.98 Å². The predicted molar refractivity (Wildman–Crippen MR) is 400 cm³/mol. The molecule has 26 aromatic rings. The van der Waals surface area contributed by atoms with E-state index in [1.165, 1.54) is 287 Å². The van der Waals surface area contributed by atoms with Crippen LogP contribution in [0.1, 0.15) is 104 Å². The van der Waals surface area contributed by atoms with E-state index >= 15 is 9.59 Å². The third-order valence-corrected chi connectivity index (χ3v) is 32.6. The molecule has 12 aliphatic carbocycles. The summed E-state index contributed by atoms with van der Waals surface area (Å²) in [7, 11) is 0. The van der Waals surface area contributed by atoms with Gasteiger partial charge in [-0.3, -0.25) is 9.98 Å². The molecule has 6 heteroatoms. The first-order chi connectivity index (χ1) is 49.6. The fraction of sp³-hybridized carbons (Fsp3) is 0.128. The van der Waals surface area contributed by atoms with Gasteiger partial charge in [0.05, 0.1) is 46.3 Å². The molecule has 6 nitrogen and oxygen atoms in total. The Kier molecular flexibility index (Phi) is 4.79. The molecule has 100 heavy (non-hydrogen) atoms. The van der Waals surface area contributed by atoms with Gasteiger partial charge in [-0.05, 0) is 306 Å². The van der Waals surface area contributed by atoms with Crippen molar-refractivity contribution in [1.29, 1.82) is 0 Å². The average Bonchev–Trinajstić information content (AvgIpc) is 1.34. The van der Waals surface area contributed by atoms with Gasteiger partial charge in [0.1, 0.15) is 0 Å². The molecule has 0 bridgehead atoms. The van der Waals surface area contributed by atoms with Gasteiger partial charge >= 0.3 is 11.9 Å². The number of rotatable bonds is 10. The Morgan fingerprint density at radius 2 is 0.540 bits per heavy atom. The highest BCUT2D eigenvalue weighted by atomic mass is 16.5. The number of hydrogen-bond acceptors (Lipinski definition) is 6. The number of aliphatic imine (C=N–C) groups is 2. The molecule has 442 valence electrons. The number of esters is 2. The summed E-state index contributed by atoms with van der Waals surface area (Å²) >= 11 is 0. The summed E-state index contributed by atoms with van der Waals surface area (Å²) in [6, 6.07) is 43.4. The normalized spacial score (nSPS) is 27.1. The van der Waals surface area contributed by atoms with E-state index in [9.17, 15) is 0 Å². The zero-order chi connectivity index (χ0) is 62.3. The lowest BCUT2D eigenvalue weighted by molar-refractivity contribution is -0.147. The van der Waals surface area contributed by atoms with Gasteiger partial charge in [-0.1, -0.05) is 121 Å². The maximum Gasteiger partial charge on any atom is 0.336 e. The van der Waals surface area contributed by atoms with Crippen LogP contribution in [0.4, 0.5) is 0 Å². The van der Waals surface area contributed by atoms with Crippen LogP contribution in [0.2, 0.25) is 0 Å². The van der Waals surface area contributed by atoms with E-state index in [0.717, 1.165) is 33.7 Å². The third-order valence-electron chi connectivity index (χ3n) is 32.6. The van der Waals surface area contributed by atoms with Crippen molar-refractivity contribution in [3.05, 3.63) is 199 Å². The van der Waals surface area contributed by atoms with E-state index in [1.54, 1.807) is 5.56 Å². The van der Waals surface area contributed by atoms with Crippen LogP contribution in [-0.2, 0) is 40.7 Å². The van der Waals surface area contributed by atoms with Crippen molar-refractivity contribution in [1.82, 2.24) is 0 Å². The molecule has 0 amide bonds. The summed E-state index contributed by atoms with van der Waals surface area (Å²) in [4.78, 5) is 49.7. The molecule has 0 radical (unpaired) electrons. The first-order valence-corrected chi connectivity index (χ1v) is 36.6. The average molecular weight is 1250 g/mol. The topological polar surface area (TPSA) is 77.3 Å². The highest BCUT2D eigenvalue weighted by Crippen LogP contribution is 3.00. The molecule has 0 saturated heterocycles. The van der Waals surface area contributed by atoms with Crippen LogP contribution in [0.5, 0.6) is 0 Å². The Balaban J connectivity index is 0.926.